The minimum Gasteiger partial charge on any atom is -0.326 e. The van der Waals surface area contributed by atoms with Crippen molar-refractivity contribution in [2.75, 3.05) is 16.8 Å². The predicted octanol–water partition coefficient (Wildman–Crippen LogP) is 3.81. The Bertz CT molecular complexity index is 878. The number of carbonyl (C=O) groups excluding carboxylic acids is 1. The molecule has 0 fully saturated rings. The maximum absolute atomic E-state index is 12.3. The zero-order chi connectivity index (χ0) is 17.1. The molecule has 3 aromatic rings. The molecule has 0 bridgehead atoms. The van der Waals surface area contributed by atoms with E-state index in [2.05, 4.69) is 38.4 Å². The maximum atomic E-state index is 12.3. The lowest BCUT2D eigenvalue weighted by Crippen LogP contribution is -2.25. The zero-order valence-corrected chi connectivity index (χ0v) is 13.7. The SMILES string of the molecule is O=C(Nc1ccccn1)c1ccc(N2CCCc3ccccc32)nc1. The van der Waals surface area contributed by atoms with Gasteiger partial charge in [0.2, 0.25) is 0 Å². The van der Waals surface area contributed by atoms with Crippen molar-refractivity contribution in [2.45, 2.75) is 12.8 Å². The molecule has 5 heteroatoms. The van der Waals surface area contributed by atoms with Gasteiger partial charge in [-0.1, -0.05) is 24.3 Å². The second kappa shape index (κ2) is 6.73. The third-order valence-electron chi connectivity index (χ3n) is 4.30. The Hall–Kier alpha value is -3.21. The normalized spacial score (nSPS) is 13.2. The fourth-order valence-electron chi connectivity index (χ4n) is 3.08. The van der Waals surface area contributed by atoms with Gasteiger partial charge in [-0.3, -0.25) is 4.79 Å². The highest BCUT2D eigenvalue weighted by atomic mass is 16.1. The van der Waals surface area contributed by atoms with Crippen LogP contribution in [0.2, 0.25) is 0 Å². The van der Waals surface area contributed by atoms with Gasteiger partial charge in [-0.25, -0.2) is 9.97 Å². The van der Waals surface area contributed by atoms with Gasteiger partial charge < -0.3 is 10.2 Å². The number of nitrogens with zero attached hydrogens (tertiary/aromatic N) is 3. The van der Waals surface area contributed by atoms with E-state index in [1.165, 1.54) is 11.3 Å². The Morgan fingerprint density at radius 3 is 2.68 bits per heavy atom. The summed E-state index contributed by atoms with van der Waals surface area (Å²) in [4.78, 5) is 23.1. The van der Waals surface area contributed by atoms with E-state index in [1.54, 1.807) is 24.5 Å². The van der Waals surface area contributed by atoms with Crippen LogP contribution in [-0.2, 0) is 6.42 Å². The van der Waals surface area contributed by atoms with Crippen LogP contribution in [0.15, 0.2) is 67.0 Å². The lowest BCUT2D eigenvalue weighted by molar-refractivity contribution is 0.102. The molecule has 0 aliphatic carbocycles. The first kappa shape index (κ1) is 15.3. The van der Waals surface area contributed by atoms with Gasteiger partial charge in [0.1, 0.15) is 11.6 Å². The Labute approximate surface area is 146 Å². The number of pyridine rings is 2. The van der Waals surface area contributed by atoms with E-state index in [9.17, 15) is 4.79 Å². The van der Waals surface area contributed by atoms with Crippen molar-refractivity contribution < 1.29 is 4.79 Å². The standard InChI is InChI=1S/C20H18N4O/c25-20(23-18-9-3-4-12-21-18)16-10-11-19(22-14-16)24-13-5-7-15-6-1-2-8-17(15)24/h1-4,6,8-12,14H,5,7,13H2,(H,21,23,25). The van der Waals surface area contributed by atoms with Crippen molar-refractivity contribution in [1.82, 2.24) is 9.97 Å². The number of amides is 1. The molecule has 1 N–H and O–H groups in total. The first-order valence-electron chi connectivity index (χ1n) is 8.35. The highest BCUT2D eigenvalue weighted by Gasteiger charge is 2.19. The lowest BCUT2D eigenvalue weighted by Gasteiger charge is -2.30. The molecule has 0 saturated heterocycles. The number of para-hydroxylation sites is 1. The molecule has 25 heavy (non-hydrogen) atoms. The third kappa shape index (κ3) is 3.21. The maximum Gasteiger partial charge on any atom is 0.258 e. The smallest absolute Gasteiger partial charge is 0.258 e. The van der Waals surface area contributed by atoms with Crippen LogP contribution >= 0.6 is 0 Å². The number of fused-ring (bicyclic) bond motifs is 1. The van der Waals surface area contributed by atoms with Crippen LogP contribution in [0, 0.1) is 0 Å². The molecule has 1 aliphatic heterocycles. The Morgan fingerprint density at radius 1 is 1.00 bits per heavy atom. The van der Waals surface area contributed by atoms with Gasteiger partial charge >= 0.3 is 0 Å². The summed E-state index contributed by atoms with van der Waals surface area (Å²) in [5.41, 5.74) is 3.05. The summed E-state index contributed by atoms with van der Waals surface area (Å²) in [7, 11) is 0. The molecule has 0 saturated carbocycles. The number of anilines is 3. The fraction of sp³-hybridized carbons (Fsp3) is 0.150. The first-order chi connectivity index (χ1) is 12.3. The summed E-state index contributed by atoms with van der Waals surface area (Å²) in [5, 5.41) is 2.77. The van der Waals surface area contributed by atoms with Gasteiger partial charge in [0.05, 0.1) is 5.56 Å². The lowest BCUT2D eigenvalue weighted by atomic mass is 10.0. The van der Waals surface area contributed by atoms with E-state index in [4.69, 9.17) is 0 Å². The average Bonchev–Trinajstić information content (AvgIpc) is 2.68. The molecule has 0 atom stereocenters. The second-order valence-corrected chi connectivity index (χ2v) is 5.96. The molecule has 124 valence electrons. The van der Waals surface area contributed by atoms with Crippen LogP contribution in [0.1, 0.15) is 22.3 Å². The van der Waals surface area contributed by atoms with Gasteiger partial charge in [-0.2, -0.15) is 0 Å². The summed E-state index contributed by atoms with van der Waals surface area (Å²) in [5.74, 6) is 1.18. The van der Waals surface area contributed by atoms with Crippen molar-refractivity contribution in [1.29, 1.82) is 0 Å². The Kier molecular flexibility index (Phi) is 4.12. The van der Waals surface area contributed by atoms with Gasteiger partial charge in [-0.15, -0.1) is 0 Å². The van der Waals surface area contributed by atoms with Crippen LogP contribution in [0.5, 0.6) is 0 Å². The molecule has 0 unspecified atom stereocenters. The quantitative estimate of drug-likeness (QED) is 0.793. The number of carbonyl (C=O) groups is 1. The van der Waals surface area contributed by atoms with Crippen molar-refractivity contribution in [2.24, 2.45) is 0 Å². The van der Waals surface area contributed by atoms with E-state index < -0.39 is 0 Å². The molecule has 3 heterocycles. The molecule has 1 aliphatic rings. The van der Waals surface area contributed by atoms with Crippen molar-refractivity contribution >= 4 is 23.2 Å². The zero-order valence-electron chi connectivity index (χ0n) is 13.7. The van der Waals surface area contributed by atoms with E-state index in [1.807, 2.05) is 24.3 Å². The first-order valence-corrected chi connectivity index (χ1v) is 8.35. The van der Waals surface area contributed by atoms with Gasteiger partial charge in [0, 0.05) is 24.6 Å². The summed E-state index contributed by atoms with van der Waals surface area (Å²) in [6.07, 6.45) is 5.45. The highest BCUT2D eigenvalue weighted by Crippen LogP contribution is 2.32. The van der Waals surface area contributed by atoms with E-state index in [0.717, 1.165) is 25.2 Å². The van der Waals surface area contributed by atoms with Crippen LogP contribution in [0.3, 0.4) is 0 Å². The van der Waals surface area contributed by atoms with Gasteiger partial charge in [-0.05, 0) is 48.7 Å². The van der Waals surface area contributed by atoms with Crippen molar-refractivity contribution in [3.63, 3.8) is 0 Å². The topological polar surface area (TPSA) is 58.1 Å². The molecule has 2 aromatic heterocycles. The second-order valence-electron chi connectivity index (χ2n) is 5.96. The van der Waals surface area contributed by atoms with Crippen LogP contribution in [-0.4, -0.2) is 22.4 Å². The summed E-state index contributed by atoms with van der Waals surface area (Å²) >= 11 is 0. The van der Waals surface area contributed by atoms with Crippen molar-refractivity contribution in [3.8, 4) is 0 Å². The highest BCUT2D eigenvalue weighted by molar-refractivity contribution is 6.03. The monoisotopic (exact) mass is 330 g/mol. The third-order valence-corrected chi connectivity index (χ3v) is 4.30. The van der Waals surface area contributed by atoms with E-state index in [-0.39, 0.29) is 5.91 Å². The van der Waals surface area contributed by atoms with Gasteiger partial charge in [0.15, 0.2) is 0 Å². The molecule has 0 spiro atoms. The number of hydrogen-bond acceptors (Lipinski definition) is 4. The number of rotatable bonds is 3. The Balaban J connectivity index is 1.54. The molecule has 1 amide bonds. The molecular weight excluding hydrogens is 312 g/mol. The summed E-state index contributed by atoms with van der Waals surface area (Å²) in [6, 6.07) is 17.5. The largest absolute Gasteiger partial charge is 0.326 e. The average molecular weight is 330 g/mol. The van der Waals surface area contributed by atoms with Crippen LogP contribution in [0.25, 0.3) is 0 Å². The molecule has 4 rings (SSSR count). The Morgan fingerprint density at radius 2 is 1.88 bits per heavy atom. The molecule has 0 radical (unpaired) electrons. The summed E-state index contributed by atoms with van der Waals surface area (Å²) in [6.45, 7) is 0.934. The number of aryl methyl sites for hydroxylation is 1. The number of aromatic nitrogens is 2. The number of benzene rings is 1. The van der Waals surface area contributed by atoms with Crippen LogP contribution < -0.4 is 10.2 Å². The predicted molar refractivity (Wildman–Crippen MR) is 98.2 cm³/mol. The molecular formula is C20H18N4O. The van der Waals surface area contributed by atoms with E-state index in [0.29, 0.717) is 11.4 Å². The number of hydrogen-bond donors (Lipinski definition) is 1. The molecule has 1 aromatic carbocycles. The minimum atomic E-state index is -0.211. The van der Waals surface area contributed by atoms with Crippen molar-refractivity contribution in [3.05, 3.63) is 78.1 Å². The van der Waals surface area contributed by atoms with E-state index >= 15 is 0 Å². The minimum absolute atomic E-state index is 0.211. The van der Waals surface area contributed by atoms with Gasteiger partial charge in [0.25, 0.3) is 5.91 Å². The summed E-state index contributed by atoms with van der Waals surface area (Å²) < 4.78 is 0. The van der Waals surface area contributed by atoms with Crippen LogP contribution in [0.4, 0.5) is 17.3 Å². The molecule has 5 nitrogen and oxygen atoms in total. The number of nitrogens with one attached hydrogen (secondary N) is 1. The fourth-order valence-corrected chi connectivity index (χ4v) is 3.08.